The fourth-order valence-electron chi connectivity index (χ4n) is 2.06. The van der Waals surface area contributed by atoms with Crippen molar-refractivity contribution in [1.82, 2.24) is 10.6 Å². The smallest absolute Gasteiger partial charge is 0.315 e. The van der Waals surface area contributed by atoms with E-state index >= 15 is 0 Å². The van der Waals surface area contributed by atoms with Gasteiger partial charge in [-0.1, -0.05) is 12.1 Å². The molecule has 3 amide bonds. The normalized spacial score (nSPS) is 19.4. The number of benzene rings is 1. The van der Waals surface area contributed by atoms with Gasteiger partial charge in [-0.15, -0.1) is 0 Å². The van der Waals surface area contributed by atoms with Gasteiger partial charge in [0.2, 0.25) is 5.91 Å². The maximum atomic E-state index is 13.3. The van der Waals surface area contributed by atoms with E-state index in [1.807, 2.05) is 0 Å². The summed E-state index contributed by atoms with van der Waals surface area (Å²) in [5, 5.41) is 7.10. The van der Waals surface area contributed by atoms with Crippen LogP contribution in [0.25, 0.3) is 0 Å². The molecule has 0 radical (unpaired) electrons. The molecule has 1 aromatic carbocycles. The van der Waals surface area contributed by atoms with Crippen LogP contribution in [0.2, 0.25) is 0 Å². The summed E-state index contributed by atoms with van der Waals surface area (Å²) in [6.45, 7) is -0.348. The fraction of sp³-hybridized carbons (Fsp3) is 0.385. The summed E-state index contributed by atoms with van der Waals surface area (Å²) in [6.07, 6.45) is 0.358. The topological polar surface area (TPSA) is 104 Å². The quantitative estimate of drug-likeness (QED) is 0.736. The molecule has 0 saturated carbocycles. The molecule has 22 heavy (non-hydrogen) atoms. The van der Waals surface area contributed by atoms with E-state index in [0.717, 1.165) is 0 Å². The standard InChI is InChI=1S/C13H16FN3O4S/c14-10-3-1-2-4-11(10)17-12(18)7-15-13(19)16-9-5-6-22(20,21)8-9/h1-4,9H,5-8H2,(H,17,18)(H2,15,16,19)/t9-/m0/s1. The van der Waals surface area contributed by atoms with Crippen LogP contribution in [0.5, 0.6) is 0 Å². The number of urea groups is 1. The molecule has 1 aliphatic rings. The lowest BCUT2D eigenvalue weighted by molar-refractivity contribution is -0.115. The minimum absolute atomic E-state index is 0.0246. The van der Waals surface area contributed by atoms with Crippen LogP contribution in [0, 0.1) is 5.82 Å². The molecule has 0 bridgehead atoms. The summed E-state index contributed by atoms with van der Waals surface area (Å²) in [5.41, 5.74) is 0.0246. The highest BCUT2D eigenvalue weighted by Crippen LogP contribution is 2.12. The predicted octanol–water partition coefficient (Wildman–Crippen LogP) is 0.251. The predicted molar refractivity (Wildman–Crippen MR) is 78.6 cm³/mol. The molecule has 2 rings (SSSR count). The van der Waals surface area contributed by atoms with Gasteiger partial charge in [-0.3, -0.25) is 4.79 Å². The van der Waals surface area contributed by atoms with E-state index in [1.54, 1.807) is 6.07 Å². The average molecular weight is 329 g/mol. The van der Waals surface area contributed by atoms with Crippen LogP contribution in [0.3, 0.4) is 0 Å². The lowest BCUT2D eigenvalue weighted by atomic mass is 10.3. The number of sulfone groups is 1. The Morgan fingerprint density at radius 2 is 2.00 bits per heavy atom. The monoisotopic (exact) mass is 329 g/mol. The van der Waals surface area contributed by atoms with E-state index in [2.05, 4.69) is 16.0 Å². The van der Waals surface area contributed by atoms with Gasteiger partial charge < -0.3 is 16.0 Å². The maximum absolute atomic E-state index is 13.3. The van der Waals surface area contributed by atoms with Gasteiger partial charge >= 0.3 is 6.03 Å². The van der Waals surface area contributed by atoms with Gasteiger partial charge in [0, 0.05) is 6.04 Å². The van der Waals surface area contributed by atoms with Crippen molar-refractivity contribution in [3.05, 3.63) is 30.1 Å². The van der Waals surface area contributed by atoms with Gasteiger partial charge in [0.05, 0.1) is 23.7 Å². The van der Waals surface area contributed by atoms with E-state index in [4.69, 9.17) is 0 Å². The van der Waals surface area contributed by atoms with E-state index in [1.165, 1.54) is 18.2 Å². The molecule has 1 heterocycles. The molecule has 120 valence electrons. The van der Waals surface area contributed by atoms with Crippen molar-refractivity contribution in [1.29, 1.82) is 0 Å². The second kappa shape index (κ2) is 6.73. The van der Waals surface area contributed by atoms with E-state index in [0.29, 0.717) is 6.42 Å². The van der Waals surface area contributed by atoms with Crippen LogP contribution < -0.4 is 16.0 Å². The zero-order valence-electron chi connectivity index (χ0n) is 11.6. The van der Waals surface area contributed by atoms with Crippen LogP contribution in [-0.4, -0.2) is 44.4 Å². The molecule has 1 aliphatic heterocycles. The summed E-state index contributed by atoms with van der Waals surface area (Å²) in [6, 6.07) is 4.59. The molecule has 0 aromatic heterocycles. The van der Waals surface area contributed by atoms with Gasteiger partial charge in [0.25, 0.3) is 0 Å². The molecule has 9 heteroatoms. The summed E-state index contributed by atoms with van der Waals surface area (Å²) in [5.74, 6) is -1.20. The number of halogens is 1. The molecule has 3 N–H and O–H groups in total. The second-order valence-corrected chi connectivity index (χ2v) is 7.18. The molecule has 0 unspecified atom stereocenters. The summed E-state index contributed by atoms with van der Waals surface area (Å²) in [4.78, 5) is 23.2. The third-order valence-corrected chi connectivity index (χ3v) is 4.89. The fourth-order valence-corrected chi connectivity index (χ4v) is 3.74. The first-order valence-corrected chi connectivity index (χ1v) is 8.47. The van der Waals surface area contributed by atoms with Crippen molar-refractivity contribution in [2.24, 2.45) is 0 Å². The number of hydrogen-bond donors (Lipinski definition) is 3. The number of hydrogen-bond acceptors (Lipinski definition) is 4. The highest BCUT2D eigenvalue weighted by Gasteiger charge is 2.28. The molecule has 7 nitrogen and oxygen atoms in total. The van der Waals surface area contributed by atoms with Crippen molar-refractivity contribution >= 4 is 27.5 Å². The molecule has 0 aliphatic carbocycles. The minimum Gasteiger partial charge on any atom is -0.334 e. The summed E-state index contributed by atoms with van der Waals surface area (Å²) in [7, 11) is -3.08. The molecule has 0 spiro atoms. The van der Waals surface area contributed by atoms with Crippen LogP contribution in [-0.2, 0) is 14.6 Å². The number of amides is 3. The van der Waals surface area contributed by atoms with E-state index in [9.17, 15) is 22.4 Å². The summed E-state index contributed by atoms with van der Waals surface area (Å²) < 4.78 is 35.8. The largest absolute Gasteiger partial charge is 0.334 e. The first kappa shape index (κ1) is 16.2. The Bertz CT molecular complexity index is 678. The number of nitrogens with one attached hydrogen (secondary N) is 3. The molecule has 1 aromatic rings. The lowest BCUT2D eigenvalue weighted by Crippen LogP contribution is -2.45. The maximum Gasteiger partial charge on any atom is 0.315 e. The van der Waals surface area contributed by atoms with Crippen LogP contribution in [0.1, 0.15) is 6.42 Å². The molecular formula is C13H16FN3O4S. The van der Waals surface area contributed by atoms with E-state index in [-0.39, 0.29) is 23.7 Å². The molecular weight excluding hydrogens is 313 g/mol. The van der Waals surface area contributed by atoms with Crippen LogP contribution in [0.15, 0.2) is 24.3 Å². The Hall–Kier alpha value is -2.16. The van der Waals surface area contributed by atoms with Crippen molar-refractivity contribution in [2.75, 3.05) is 23.4 Å². The van der Waals surface area contributed by atoms with Gasteiger partial charge in [0.1, 0.15) is 5.82 Å². The summed E-state index contributed by atoms with van der Waals surface area (Å²) >= 11 is 0. The third-order valence-electron chi connectivity index (χ3n) is 3.13. The zero-order valence-corrected chi connectivity index (χ0v) is 12.5. The van der Waals surface area contributed by atoms with Crippen LogP contribution in [0.4, 0.5) is 14.9 Å². The number of anilines is 1. The first-order valence-electron chi connectivity index (χ1n) is 6.65. The Balaban J connectivity index is 1.74. The molecule has 1 atom stereocenters. The van der Waals surface area contributed by atoms with Gasteiger partial charge in [0.15, 0.2) is 9.84 Å². The number of para-hydroxylation sites is 1. The van der Waals surface area contributed by atoms with Crippen molar-refractivity contribution < 1.29 is 22.4 Å². The SMILES string of the molecule is O=C(CNC(=O)N[C@H]1CCS(=O)(=O)C1)Nc1ccccc1F. The van der Waals surface area contributed by atoms with Gasteiger partial charge in [-0.2, -0.15) is 0 Å². The third kappa shape index (κ3) is 4.69. The highest BCUT2D eigenvalue weighted by molar-refractivity contribution is 7.91. The number of rotatable bonds is 4. The Kier molecular flexibility index (Phi) is 4.96. The molecule has 1 fully saturated rings. The van der Waals surface area contributed by atoms with Crippen molar-refractivity contribution in [2.45, 2.75) is 12.5 Å². The van der Waals surface area contributed by atoms with Crippen molar-refractivity contribution in [3.8, 4) is 0 Å². The average Bonchev–Trinajstić information content (AvgIpc) is 2.78. The zero-order chi connectivity index (χ0) is 16.2. The van der Waals surface area contributed by atoms with Crippen molar-refractivity contribution in [3.63, 3.8) is 0 Å². The Morgan fingerprint density at radius 3 is 2.64 bits per heavy atom. The Morgan fingerprint density at radius 1 is 1.27 bits per heavy atom. The first-order chi connectivity index (χ1) is 10.4. The molecule has 1 saturated heterocycles. The van der Waals surface area contributed by atoms with Gasteiger partial charge in [-0.25, -0.2) is 17.6 Å². The minimum atomic E-state index is -3.08. The lowest BCUT2D eigenvalue weighted by Gasteiger charge is -2.12. The highest BCUT2D eigenvalue weighted by atomic mass is 32.2. The number of carbonyl (C=O) groups excluding carboxylic acids is 2. The Labute approximate surface area is 127 Å². The van der Waals surface area contributed by atoms with Crippen LogP contribution >= 0.6 is 0 Å². The van der Waals surface area contributed by atoms with E-state index < -0.39 is 33.6 Å². The van der Waals surface area contributed by atoms with Gasteiger partial charge in [-0.05, 0) is 18.6 Å². The number of carbonyl (C=O) groups is 2. The second-order valence-electron chi connectivity index (χ2n) is 4.95.